The maximum absolute atomic E-state index is 13.1. The van der Waals surface area contributed by atoms with Crippen molar-refractivity contribution in [1.82, 2.24) is 9.21 Å². The lowest BCUT2D eigenvalue weighted by Gasteiger charge is -2.27. The zero-order valence-corrected chi connectivity index (χ0v) is 21.6. The molecular formula is C22H27N3O7S3. The average molecular weight is 542 g/mol. The van der Waals surface area contributed by atoms with Gasteiger partial charge in [-0.05, 0) is 48.7 Å². The molecule has 13 heteroatoms. The first kappa shape index (κ1) is 25.9. The van der Waals surface area contributed by atoms with Crippen LogP contribution in [-0.2, 0) is 29.5 Å². The Morgan fingerprint density at radius 2 is 1.43 bits per heavy atom. The van der Waals surface area contributed by atoms with Gasteiger partial charge < -0.3 is 14.4 Å². The second-order valence-electron chi connectivity index (χ2n) is 7.91. The SMILES string of the molecule is CSc1ccc(S(=O)(=O)Nc2ccc(S(=O)(=O)N3CCOCC3)cc2)cc1C(=O)N1CCOCC1. The van der Waals surface area contributed by atoms with E-state index in [0.717, 1.165) is 0 Å². The van der Waals surface area contributed by atoms with E-state index in [4.69, 9.17) is 9.47 Å². The van der Waals surface area contributed by atoms with Crippen molar-refractivity contribution in [2.45, 2.75) is 14.7 Å². The van der Waals surface area contributed by atoms with Gasteiger partial charge in [0.2, 0.25) is 10.0 Å². The summed E-state index contributed by atoms with van der Waals surface area (Å²) >= 11 is 1.36. The van der Waals surface area contributed by atoms with Gasteiger partial charge in [0.15, 0.2) is 0 Å². The van der Waals surface area contributed by atoms with E-state index in [9.17, 15) is 21.6 Å². The van der Waals surface area contributed by atoms with E-state index >= 15 is 0 Å². The number of thioether (sulfide) groups is 1. The lowest BCUT2D eigenvalue weighted by atomic mass is 10.2. The van der Waals surface area contributed by atoms with Crippen molar-refractivity contribution in [3.63, 3.8) is 0 Å². The third-order valence-electron chi connectivity index (χ3n) is 5.72. The summed E-state index contributed by atoms with van der Waals surface area (Å²) in [4.78, 5) is 15.4. The first-order valence-corrected chi connectivity index (χ1v) is 15.1. The van der Waals surface area contributed by atoms with Gasteiger partial charge in [0.25, 0.3) is 15.9 Å². The van der Waals surface area contributed by atoms with E-state index < -0.39 is 20.0 Å². The quantitative estimate of drug-likeness (QED) is 0.526. The van der Waals surface area contributed by atoms with Crippen LogP contribution in [0.1, 0.15) is 10.4 Å². The van der Waals surface area contributed by atoms with Crippen LogP contribution in [0.25, 0.3) is 0 Å². The molecule has 0 atom stereocenters. The number of carbonyl (C=O) groups is 1. The van der Waals surface area contributed by atoms with E-state index in [-0.39, 0.29) is 34.5 Å². The molecule has 0 radical (unpaired) electrons. The third-order valence-corrected chi connectivity index (χ3v) is 9.81. The topological polar surface area (TPSA) is 122 Å². The summed E-state index contributed by atoms with van der Waals surface area (Å²) in [6, 6.07) is 9.98. The molecule has 2 aromatic carbocycles. The molecule has 2 fully saturated rings. The highest BCUT2D eigenvalue weighted by molar-refractivity contribution is 7.98. The molecule has 1 N–H and O–H groups in total. The molecular weight excluding hydrogens is 514 g/mol. The van der Waals surface area contributed by atoms with Gasteiger partial charge in [0.1, 0.15) is 0 Å². The molecule has 4 rings (SSSR count). The first-order valence-electron chi connectivity index (χ1n) is 11.0. The Kier molecular flexibility index (Phi) is 8.03. The van der Waals surface area contributed by atoms with Crippen molar-refractivity contribution >= 4 is 43.4 Å². The van der Waals surface area contributed by atoms with Gasteiger partial charge in [0, 0.05) is 36.8 Å². The number of ether oxygens (including phenoxy) is 2. The molecule has 0 aliphatic carbocycles. The molecule has 2 aliphatic heterocycles. The smallest absolute Gasteiger partial charge is 0.261 e. The summed E-state index contributed by atoms with van der Waals surface area (Å²) in [5, 5.41) is 0. The summed E-state index contributed by atoms with van der Waals surface area (Å²) in [6.45, 7) is 2.99. The van der Waals surface area contributed by atoms with Gasteiger partial charge in [0.05, 0.1) is 41.8 Å². The molecule has 0 spiro atoms. The number of amides is 1. The predicted octanol–water partition coefficient (Wildman–Crippen LogP) is 1.70. The zero-order chi connectivity index (χ0) is 25.1. The largest absolute Gasteiger partial charge is 0.379 e. The fraction of sp³-hybridized carbons (Fsp3) is 0.409. The molecule has 2 heterocycles. The van der Waals surface area contributed by atoms with E-state index in [0.29, 0.717) is 50.0 Å². The average Bonchev–Trinajstić information content (AvgIpc) is 2.89. The van der Waals surface area contributed by atoms with E-state index in [2.05, 4.69) is 4.72 Å². The lowest BCUT2D eigenvalue weighted by molar-refractivity contribution is 0.0300. The second-order valence-corrected chi connectivity index (χ2v) is 12.4. The molecule has 0 aromatic heterocycles. The molecule has 190 valence electrons. The number of rotatable bonds is 7. The van der Waals surface area contributed by atoms with Crippen LogP contribution < -0.4 is 4.72 Å². The highest BCUT2D eigenvalue weighted by atomic mass is 32.2. The molecule has 2 aromatic rings. The maximum Gasteiger partial charge on any atom is 0.261 e. The Morgan fingerprint density at radius 1 is 0.857 bits per heavy atom. The number of hydrogen-bond donors (Lipinski definition) is 1. The maximum atomic E-state index is 13.1. The van der Waals surface area contributed by atoms with E-state index in [1.165, 1.54) is 52.5 Å². The van der Waals surface area contributed by atoms with Crippen LogP contribution in [0.3, 0.4) is 0 Å². The van der Waals surface area contributed by atoms with Gasteiger partial charge in [-0.25, -0.2) is 16.8 Å². The Morgan fingerprint density at radius 3 is 2.03 bits per heavy atom. The van der Waals surface area contributed by atoms with E-state index in [1.807, 2.05) is 6.26 Å². The number of carbonyl (C=O) groups excluding carboxylic acids is 1. The minimum Gasteiger partial charge on any atom is -0.379 e. The Hall–Kier alpha value is -2.16. The van der Waals surface area contributed by atoms with Gasteiger partial charge in [-0.1, -0.05) is 0 Å². The summed E-state index contributed by atoms with van der Waals surface area (Å²) in [7, 11) is -7.71. The molecule has 2 aliphatic rings. The van der Waals surface area contributed by atoms with Crippen molar-refractivity contribution in [1.29, 1.82) is 0 Å². The molecule has 35 heavy (non-hydrogen) atoms. The summed E-state index contributed by atoms with van der Waals surface area (Å²) in [5.74, 6) is -0.243. The highest BCUT2D eigenvalue weighted by Crippen LogP contribution is 2.27. The highest BCUT2D eigenvalue weighted by Gasteiger charge is 2.27. The standard InChI is InChI=1S/C22H27N3O7S3/c1-33-21-7-6-19(16-20(21)22(26)24-8-12-31-13-9-24)34(27,28)23-17-2-4-18(5-3-17)35(29,30)25-10-14-32-15-11-25/h2-7,16,23H,8-15H2,1H3. The molecule has 1 amide bonds. The monoisotopic (exact) mass is 541 g/mol. The number of morpholine rings is 2. The molecule has 10 nitrogen and oxygen atoms in total. The van der Waals surface area contributed by atoms with Crippen molar-refractivity contribution in [3.05, 3.63) is 48.0 Å². The second kappa shape index (κ2) is 10.8. The molecule has 0 saturated carbocycles. The first-order chi connectivity index (χ1) is 16.7. The number of sulfonamides is 2. The van der Waals surface area contributed by atoms with Gasteiger partial charge in [-0.15, -0.1) is 11.8 Å². The number of hydrogen-bond acceptors (Lipinski definition) is 8. The van der Waals surface area contributed by atoms with Crippen LogP contribution in [0.5, 0.6) is 0 Å². The zero-order valence-electron chi connectivity index (χ0n) is 19.2. The van der Waals surface area contributed by atoms with Crippen molar-refractivity contribution in [2.24, 2.45) is 0 Å². The van der Waals surface area contributed by atoms with Crippen LogP contribution in [0.2, 0.25) is 0 Å². The molecule has 0 bridgehead atoms. The fourth-order valence-corrected chi connectivity index (χ4v) is 6.87. The van der Waals surface area contributed by atoms with Crippen molar-refractivity contribution in [2.75, 3.05) is 63.6 Å². The fourth-order valence-electron chi connectivity index (χ4n) is 3.80. The predicted molar refractivity (Wildman–Crippen MR) is 132 cm³/mol. The van der Waals surface area contributed by atoms with Crippen LogP contribution in [-0.4, -0.2) is 90.8 Å². The number of anilines is 1. The Bertz CT molecular complexity index is 1270. The lowest BCUT2D eigenvalue weighted by Crippen LogP contribution is -2.41. The van der Waals surface area contributed by atoms with Crippen molar-refractivity contribution in [3.8, 4) is 0 Å². The number of benzene rings is 2. The number of nitrogens with zero attached hydrogens (tertiary/aromatic N) is 2. The molecule has 2 saturated heterocycles. The van der Waals surface area contributed by atoms with Gasteiger partial charge in [-0.2, -0.15) is 4.31 Å². The van der Waals surface area contributed by atoms with Gasteiger partial charge in [-0.3, -0.25) is 9.52 Å². The summed E-state index contributed by atoms with van der Waals surface area (Å²) in [6.07, 6.45) is 1.82. The van der Waals surface area contributed by atoms with Crippen LogP contribution in [0.15, 0.2) is 57.2 Å². The third kappa shape index (κ3) is 5.81. The van der Waals surface area contributed by atoms with Crippen LogP contribution in [0, 0.1) is 0 Å². The normalized spacial score (nSPS) is 17.8. The summed E-state index contributed by atoms with van der Waals surface area (Å²) in [5.41, 5.74) is 0.523. The van der Waals surface area contributed by atoms with E-state index in [1.54, 1.807) is 11.0 Å². The summed E-state index contributed by atoms with van der Waals surface area (Å²) < 4.78 is 66.0. The minimum atomic E-state index is -4.02. The number of nitrogens with one attached hydrogen (secondary N) is 1. The van der Waals surface area contributed by atoms with Gasteiger partial charge >= 0.3 is 0 Å². The molecule has 0 unspecified atom stereocenters. The Balaban J connectivity index is 1.54. The minimum absolute atomic E-state index is 0.0584. The van der Waals surface area contributed by atoms with Crippen molar-refractivity contribution < 1.29 is 31.1 Å². The Labute approximate surface area is 209 Å². The van der Waals surface area contributed by atoms with Crippen LogP contribution in [0.4, 0.5) is 5.69 Å². The van der Waals surface area contributed by atoms with Crippen LogP contribution >= 0.6 is 11.8 Å².